The van der Waals surface area contributed by atoms with Crippen LogP contribution in [-0.4, -0.2) is 11.8 Å². The Morgan fingerprint density at radius 2 is 1.93 bits per heavy atom. The van der Waals surface area contributed by atoms with Gasteiger partial charge in [0.25, 0.3) is 0 Å². The molecule has 0 spiro atoms. The lowest BCUT2D eigenvalue weighted by molar-refractivity contribution is -0.118. The van der Waals surface area contributed by atoms with Crippen LogP contribution in [0.2, 0.25) is 0 Å². The second-order valence-corrected chi connectivity index (χ2v) is 4.38. The van der Waals surface area contributed by atoms with E-state index in [-0.39, 0.29) is 11.7 Å². The number of rotatable bonds is 4. The Morgan fingerprint density at radius 1 is 1.29 bits per heavy atom. The highest BCUT2D eigenvalue weighted by Gasteiger charge is 2.18. The largest absolute Gasteiger partial charge is 0.386 e. The Kier molecular flexibility index (Phi) is 3.50. The molecule has 0 saturated carbocycles. The maximum Gasteiger partial charge on any atom is 0.161 e. The first-order valence-electron chi connectivity index (χ1n) is 5.21. The van der Waals surface area contributed by atoms with Crippen LogP contribution in [-0.2, 0) is 4.79 Å². The van der Waals surface area contributed by atoms with Crippen molar-refractivity contribution < 1.29 is 4.79 Å². The summed E-state index contributed by atoms with van der Waals surface area (Å²) in [6.45, 7) is 8.08. The van der Waals surface area contributed by atoms with E-state index in [9.17, 15) is 4.79 Å². The zero-order valence-electron chi connectivity index (χ0n) is 9.42. The number of hydrogen-bond acceptors (Lipinski definition) is 2. The lowest BCUT2D eigenvalue weighted by atomic mass is 10.00. The van der Waals surface area contributed by atoms with Crippen molar-refractivity contribution in [3.8, 4) is 0 Å². The van der Waals surface area contributed by atoms with Crippen molar-refractivity contribution in [1.29, 1.82) is 0 Å². The summed E-state index contributed by atoms with van der Waals surface area (Å²) >= 11 is 0. The number of hydrogen-bond donors (Lipinski definition) is 1. The van der Waals surface area contributed by atoms with Gasteiger partial charge in [0, 0.05) is 29.7 Å². The number of carbonyl (C=O) groups excluding carboxylic acids is 1. The van der Waals surface area contributed by atoms with Crippen molar-refractivity contribution in [1.82, 2.24) is 5.32 Å². The Morgan fingerprint density at radius 3 is 2.43 bits per heavy atom. The van der Waals surface area contributed by atoms with Crippen molar-refractivity contribution >= 4 is 5.78 Å². The van der Waals surface area contributed by atoms with Gasteiger partial charge in [0.05, 0.1) is 0 Å². The highest BCUT2D eigenvalue weighted by atomic mass is 16.1. The molecule has 0 aliphatic heterocycles. The summed E-state index contributed by atoms with van der Waals surface area (Å²) < 4.78 is 0. The molecule has 0 fully saturated rings. The molecule has 0 saturated heterocycles. The quantitative estimate of drug-likeness (QED) is 0.743. The smallest absolute Gasteiger partial charge is 0.161 e. The van der Waals surface area contributed by atoms with Crippen LogP contribution in [0.25, 0.3) is 0 Å². The van der Waals surface area contributed by atoms with Gasteiger partial charge in [-0.2, -0.15) is 0 Å². The average molecular weight is 193 g/mol. The number of nitrogens with one attached hydrogen (secondary N) is 1. The van der Waals surface area contributed by atoms with Gasteiger partial charge in [-0.1, -0.05) is 19.9 Å². The number of allylic oxidation sites excluding steroid dienone is 3. The summed E-state index contributed by atoms with van der Waals surface area (Å²) in [5.41, 5.74) is 2.09. The van der Waals surface area contributed by atoms with E-state index < -0.39 is 0 Å². The van der Waals surface area contributed by atoms with Crippen LogP contribution in [0.1, 0.15) is 34.1 Å². The predicted molar refractivity (Wildman–Crippen MR) is 58.9 cm³/mol. The molecular weight excluding hydrogens is 174 g/mol. The molecule has 14 heavy (non-hydrogen) atoms. The van der Waals surface area contributed by atoms with Crippen molar-refractivity contribution in [3.05, 3.63) is 23.4 Å². The van der Waals surface area contributed by atoms with Crippen LogP contribution in [0.15, 0.2) is 23.4 Å². The molecule has 1 rings (SSSR count). The Labute approximate surface area is 86.1 Å². The molecule has 0 aromatic heterocycles. The summed E-state index contributed by atoms with van der Waals surface area (Å²) in [6, 6.07) is 0.433. The zero-order chi connectivity index (χ0) is 10.7. The van der Waals surface area contributed by atoms with Crippen molar-refractivity contribution in [2.75, 3.05) is 0 Å². The van der Waals surface area contributed by atoms with Gasteiger partial charge in [-0.3, -0.25) is 4.79 Å². The fraction of sp³-hybridized carbons (Fsp3) is 0.583. The predicted octanol–water partition coefficient (Wildman–Crippen LogP) is 2.42. The molecule has 0 unspecified atom stereocenters. The number of carbonyl (C=O) groups is 1. The van der Waals surface area contributed by atoms with Crippen molar-refractivity contribution in [2.24, 2.45) is 5.92 Å². The molecule has 0 heterocycles. The minimum absolute atomic E-state index is 0.105. The highest BCUT2D eigenvalue weighted by Crippen LogP contribution is 2.20. The van der Waals surface area contributed by atoms with E-state index in [4.69, 9.17) is 0 Å². The van der Waals surface area contributed by atoms with Crippen molar-refractivity contribution in [3.63, 3.8) is 0 Å². The van der Waals surface area contributed by atoms with Crippen LogP contribution < -0.4 is 5.32 Å². The van der Waals surface area contributed by atoms with Crippen molar-refractivity contribution in [2.45, 2.75) is 40.2 Å². The van der Waals surface area contributed by atoms with E-state index in [1.807, 2.05) is 26.0 Å². The molecule has 0 aromatic rings. The molecule has 1 aliphatic carbocycles. The minimum atomic E-state index is 0.105. The van der Waals surface area contributed by atoms with E-state index in [0.29, 0.717) is 6.04 Å². The summed E-state index contributed by atoms with van der Waals surface area (Å²) in [5.74, 6) is 0.370. The molecule has 0 amide bonds. The fourth-order valence-electron chi connectivity index (χ4n) is 1.53. The first-order chi connectivity index (χ1) is 6.50. The van der Waals surface area contributed by atoms with Crippen LogP contribution in [0.5, 0.6) is 0 Å². The summed E-state index contributed by atoms with van der Waals surface area (Å²) in [7, 11) is 0. The third kappa shape index (κ3) is 2.72. The molecule has 2 nitrogen and oxygen atoms in total. The number of ketones is 1. The fourth-order valence-corrected chi connectivity index (χ4v) is 1.53. The van der Waals surface area contributed by atoms with Gasteiger partial charge in [0.1, 0.15) is 0 Å². The van der Waals surface area contributed by atoms with E-state index in [1.54, 1.807) is 0 Å². The molecule has 1 N–H and O–H groups in total. The summed E-state index contributed by atoms with van der Waals surface area (Å²) in [4.78, 5) is 11.6. The van der Waals surface area contributed by atoms with Gasteiger partial charge in [0.15, 0.2) is 5.78 Å². The second-order valence-electron chi connectivity index (χ2n) is 4.38. The van der Waals surface area contributed by atoms with E-state index in [0.717, 1.165) is 17.7 Å². The summed E-state index contributed by atoms with van der Waals surface area (Å²) in [5, 5.41) is 3.32. The Bertz CT molecular complexity index is 285. The molecule has 0 aromatic carbocycles. The molecule has 78 valence electrons. The lowest BCUT2D eigenvalue weighted by Crippen LogP contribution is -2.22. The zero-order valence-corrected chi connectivity index (χ0v) is 9.42. The van der Waals surface area contributed by atoms with Gasteiger partial charge in [0.2, 0.25) is 0 Å². The molecule has 0 atom stereocenters. The normalized spacial score (nSPS) is 15.9. The lowest BCUT2D eigenvalue weighted by Gasteiger charge is -2.12. The SMILES string of the molecule is CC(C)NC1=CC=C(C(=O)C(C)C)C1. The van der Waals surface area contributed by atoms with Crippen LogP contribution >= 0.6 is 0 Å². The topological polar surface area (TPSA) is 29.1 Å². The molecule has 0 radical (unpaired) electrons. The van der Waals surface area contributed by atoms with Gasteiger partial charge < -0.3 is 5.32 Å². The number of Topliss-reactive ketones (excluding diaryl/α,β-unsaturated/α-hetero) is 1. The molecule has 0 bridgehead atoms. The van der Waals surface area contributed by atoms with Gasteiger partial charge >= 0.3 is 0 Å². The van der Waals surface area contributed by atoms with Crippen LogP contribution in [0, 0.1) is 5.92 Å². The third-order valence-corrected chi connectivity index (χ3v) is 2.18. The highest BCUT2D eigenvalue weighted by molar-refractivity contribution is 5.98. The van der Waals surface area contributed by atoms with Gasteiger partial charge in [-0.05, 0) is 19.9 Å². The van der Waals surface area contributed by atoms with Crippen LogP contribution in [0.3, 0.4) is 0 Å². The minimum Gasteiger partial charge on any atom is -0.386 e. The summed E-state index contributed by atoms with van der Waals surface area (Å²) in [6.07, 6.45) is 4.72. The first-order valence-corrected chi connectivity index (χ1v) is 5.21. The molecule has 2 heteroatoms. The standard InChI is InChI=1S/C12H19NO/c1-8(2)12(14)10-5-6-11(7-10)13-9(3)4/h5-6,8-9,13H,7H2,1-4H3. The molecule has 1 aliphatic rings. The van der Waals surface area contributed by atoms with Gasteiger partial charge in [-0.15, -0.1) is 0 Å². The third-order valence-electron chi connectivity index (χ3n) is 2.18. The Balaban J connectivity index is 2.49. The average Bonchev–Trinajstić information content (AvgIpc) is 2.50. The second kappa shape index (κ2) is 4.45. The Hall–Kier alpha value is -1.05. The first kappa shape index (κ1) is 11.0. The van der Waals surface area contributed by atoms with Gasteiger partial charge in [-0.25, -0.2) is 0 Å². The van der Waals surface area contributed by atoms with Crippen LogP contribution in [0.4, 0.5) is 0 Å². The monoisotopic (exact) mass is 193 g/mol. The van der Waals surface area contributed by atoms with E-state index >= 15 is 0 Å². The molecular formula is C12H19NO. The van der Waals surface area contributed by atoms with E-state index in [1.165, 1.54) is 0 Å². The van der Waals surface area contributed by atoms with E-state index in [2.05, 4.69) is 19.2 Å². The maximum atomic E-state index is 11.6. The maximum absolute atomic E-state index is 11.6.